The summed E-state index contributed by atoms with van der Waals surface area (Å²) in [6.07, 6.45) is 13.3. The van der Waals surface area contributed by atoms with Gasteiger partial charge in [-0.1, -0.05) is 29.4 Å². The second-order valence-corrected chi connectivity index (χ2v) is 11.3. The molecule has 2 fully saturated rings. The van der Waals surface area contributed by atoms with Crippen molar-refractivity contribution < 1.29 is 19.4 Å². The lowest BCUT2D eigenvalue weighted by molar-refractivity contribution is 0.0694. The number of allylic oxidation sites excluding steroid dienone is 4. The lowest BCUT2D eigenvalue weighted by atomic mass is 9.99. The SMILES string of the molecule is C=CC(C)(O)CC/C=C(\C)CCC=C(C)C.O=C(O)c1cn(C2CC2)c2cc(N3CCNCC3)c(F)cc2c1=O. The molecule has 40 heavy (non-hydrogen) atoms. The molecular formula is C32H44FN3O4. The van der Waals surface area contributed by atoms with Gasteiger partial charge in [0, 0.05) is 43.8 Å². The third-order valence-corrected chi connectivity index (χ3v) is 7.40. The van der Waals surface area contributed by atoms with E-state index in [2.05, 4.69) is 44.8 Å². The third kappa shape index (κ3) is 8.63. The average molecular weight is 554 g/mol. The molecule has 1 aliphatic heterocycles. The fourth-order valence-corrected chi connectivity index (χ4v) is 4.72. The van der Waals surface area contributed by atoms with Crippen LogP contribution in [0.1, 0.15) is 82.6 Å². The van der Waals surface area contributed by atoms with E-state index < -0.39 is 22.8 Å². The molecule has 2 heterocycles. The van der Waals surface area contributed by atoms with Gasteiger partial charge in [0.1, 0.15) is 11.4 Å². The van der Waals surface area contributed by atoms with Crippen molar-refractivity contribution in [3.63, 3.8) is 0 Å². The zero-order valence-electron chi connectivity index (χ0n) is 24.3. The number of aromatic nitrogens is 1. The highest BCUT2D eigenvalue weighted by atomic mass is 19.1. The number of anilines is 1. The summed E-state index contributed by atoms with van der Waals surface area (Å²) in [4.78, 5) is 25.7. The maximum Gasteiger partial charge on any atom is 0.341 e. The number of hydrogen-bond donors (Lipinski definition) is 3. The first-order chi connectivity index (χ1) is 18.9. The second kappa shape index (κ2) is 13.9. The van der Waals surface area contributed by atoms with Gasteiger partial charge in [-0.25, -0.2) is 9.18 Å². The smallest absolute Gasteiger partial charge is 0.341 e. The van der Waals surface area contributed by atoms with Gasteiger partial charge < -0.3 is 25.0 Å². The molecule has 0 radical (unpaired) electrons. The topological polar surface area (TPSA) is 94.8 Å². The Kier molecular flexibility index (Phi) is 10.9. The predicted molar refractivity (Wildman–Crippen MR) is 161 cm³/mol. The number of pyridine rings is 1. The number of hydrogen-bond acceptors (Lipinski definition) is 5. The Hall–Kier alpha value is -3.23. The van der Waals surface area contributed by atoms with Crippen LogP contribution in [0.5, 0.6) is 0 Å². The van der Waals surface area contributed by atoms with Gasteiger partial charge in [-0.2, -0.15) is 0 Å². The molecule has 0 amide bonds. The summed E-state index contributed by atoms with van der Waals surface area (Å²) in [7, 11) is 0. The third-order valence-electron chi connectivity index (χ3n) is 7.40. The molecule has 1 atom stereocenters. The van der Waals surface area contributed by atoms with E-state index in [-0.39, 0.29) is 17.0 Å². The average Bonchev–Trinajstić information content (AvgIpc) is 3.75. The molecule has 8 heteroatoms. The van der Waals surface area contributed by atoms with E-state index in [1.807, 2.05) is 9.47 Å². The highest BCUT2D eigenvalue weighted by Crippen LogP contribution is 2.38. The maximum absolute atomic E-state index is 14.6. The van der Waals surface area contributed by atoms with Crippen LogP contribution >= 0.6 is 0 Å². The summed E-state index contributed by atoms with van der Waals surface area (Å²) in [6, 6.07) is 3.08. The van der Waals surface area contributed by atoms with E-state index >= 15 is 0 Å². The molecule has 1 aromatic carbocycles. The molecule has 7 nitrogen and oxygen atoms in total. The van der Waals surface area contributed by atoms with Crippen LogP contribution in [0.15, 0.2) is 59.1 Å². The summed E-state index contributed by atoms with van der Waals surface area (Å²) >= 11 is 0. The van der Waals surface area contributed by atoms with Crippen molar-refractivity contribution in [2.24, 2.45) is 0 Å². The van der Waals surface area contributed by atoms with Crippen LogP contribution in [0.4, 0.5) is 10.1 Å². The van der Waals surface area contributed by atoms with E-state index in [0.29, 0.717) is 24.3 Å². The first kappa shape index (κ1) is 31.3. The molecule has 1 unspecified atom stereocenters. The molecule has 1 saturated carbocycles. The summed E-state index contributed by atoms with van der Waals surface area (Å²) in [5.41, 5.74) is 2.21. The number of fused-ring (bicyclic) bond motifs is 1. The molecule has 1 aliphatic carbocycles. The van der Waals surface area contributed by atoms with Crippen molar-refractivity contribution >= 4 is 22.6 Å². The summed E-state index contributed by atoms with van der Waals surface area (Å²) in [5, 5.41) is 22.3. The van der Waals surface area contributed by atoms with Crippen molar-refractivity contribution in [2.75, 3.05) is 31.1 Å². The number of aliphatic hydroxyl groups is 1. The van der Waals surface area contributed by atoms with Crippen molar-refractivity contribution in [3.05, 3.63) is 75.9 Å². The number of nitrogens with one attached hydrogen (secondary N) is 1. The quantitative estimate of drug-likeness (QED) is 0.314. The maximum atomic E-state index is 14.6. The molecule has 0 spiro atoms. The highest BCUT2D eigenvalue weighted by molar-refractivity contribution is 5.93. The number of halogens is 1. The normalized spacial score (nSPS) is 17.1. The summed E-state index contributed by atoms with van der Waals surface area (Å²) in [5.74, 6) is -1.76. The Morgan fingerprint density at radius 1 is 1.18 bits per heavy atom. The molecule has 0 bridgehead atoms. The Balaban J connectivity index is 0.000000243. The highest BCUT2D eigenvalue weighted by Gasteiger charge is 2.28. The van der Waals surface area contributed by atoms with Crippen LogP contribution in [-0.2, 0) is 0 Å². The van der Waals surface area contributed by atoms with E-state index in [1.165, 1.54) is 23.4 Å². The second-order valence-electron chi connectivity index (χ2n) is 11.3. The summed E-state index contributed by atoms with van der Waals surface area (Å²) in [6.45, 7) is 14.8. The van der Waals surface area contributed by atoms with Crippen molar-refractivity contribution in [3.8, 4) is 0 Å². The van der Waals surface area contributed by atoms with Gasteiger partial charge >= 0.3 is 5.97 Å². The molecule has 218 valence electrons. The van der Waals surface area contributed by atoms with Gasteiger partial charge in [0.25, 0.3) is 0 Å². The number of carboxylic acid groups (broad SMARTS) is 1. The van der Waals surface area contributed by atoms with E-state index in [9.17, 15) is 24.2 Å². The largest absolute Gasteiger partial charge is 0.477 e. The van der Waals surface area contributed by atoms with Crippen LogP contribution in [-0.4, -0.2) is 52.5 Å². The van der Waals surface area contributed by atoms with E-state index in [0.717, 1.165) is 51.6 Å². The molecule has 1 aromatic heterocycles. The monoisotopic (exact) mass is 553 g/mol. The Labute approximate surface area is 236 Å². The van der Waals surface area contributed by atoms with E-state index in [1.54, 1.807) is 19.1 Å². The van der Waals surface area contributed by atoms with Crippen LogP contribution in [0.2, 0.25) is 0 Å². The number of aromatic carboxylic acids is 1. The van der Waals surface area contributed by atoms with Gasteiger partial charge in [0.2, 0.25) is 5.43 Å². The first-order valence-electron chi connectivity index (χ1n) is 14.2. The standard InChI is InChI=1S/C17H18FN3O3.C15H26O/c18-13-7-11-14(8-15(13)20-5-3-19-4-6-20)21(10-1-2-10)9-12(16(11)22)17(23)24;1-6-15(5,16)12-8-11-14(4)10-7-9-13(2)3/h7-10,19H,1-6H2,(H,23,24);6,9,11,16H,1,7-8,10,12H2,2-5H3/b;14-11+. The molecule has 2 aromatic rings. The minimum atomic E-state index is -1.28. The Morgan fingerprint density at radius 3 is 2.42 bits per heavy atom. The van der Waals surface area contributed by atoms with Crippen molar-refractivity contribution in [2.45, 2.75) is 77.9 Å². The number of carboxylic acids is 1. The van der Waals surface area contributed by atoms with Gasteiger partial charge in [-0.05, 0) is 78.4 Å². The minimum absolute atomic E-state index is 0.137. The number of rotatable bonds is 10. The van der Waals surface area contributed by atoms with Gasteiger partial charge in [0.15, 0.2) is 0 Å². The predicted octanol–water partition coefficient (Wildman–Crippen LogP) is 5.98. The van der Waals surface area contributed by atoms with Crippen LogP contribution in [0.3, 0.4) is 0 Å². The van der Waals surface area contributed by atoms with Crippen molar-refractivity contribution in [1.29, 1.82) is 0 Å². The zero-order valence-corrected chi connectivity index (χ0v) is 24.3. The lowest BCUT2D eigenvalue weighted by Crippen LogP contribution is -2.43. The lowest BCUT2D eigenvalue weighted by Gasteiger charge is -2.30. The van der Waals surface area contributed by atoms with Crippen LogP contribution in [0, 0.1) is 5.82 Å². The van der Waals surface area contributed by atoms with Crippen LogP contribution < -0.4 is 15.6 Å². The Bertz CT molecular complexity index is 1330. The minimum Gasteiger partial charge on any atom is -0.477 e. The van der Waals surface area contributed by atoms with Gasteiger partial charge in [-0.3, -0.25) is 4.79 Å². The number of carbonyl (C=O) groups is 1. The van der Waals surface area contributed by atoms with E-state index in [4.69, 9.17) is 0 Å². The fourth-order valence-electron chi connectivity index (χ4n) is 4.72. The van der Waals surface area contributed by atoms with Gasteiger partial charge in [0.05, 0.1) is 16.8 Å². The molecular weight excluding hydrogens is 509 g/mol. The van der Waals surface area contributed by atoms with Crippen LogP contribution in [0.25, 0.3) is 10.9 Å². The summed E-state index contributed by atoms with van der Waals surface area (Å²) < 4.78 is 16.4. The Morgan fingerprint density at radius 2 is 1.85 bits per heavy atom. The molecule has 1 saturated heterocycles. The van der Waals surface area contributed by atoms with Gasteiger partial charge in [-0.15, -0.1) is 6.58 Å². The molecule has 2 aliphatic rings. The molecule has 3 N–H and O–H groups in total. The first-order valence-corrected chi connectivity index (χ1v) is 14.2. The zero-order chi connectivity index (χ0) is 29.4. The van der Waals surface area contributed by atoms with Crippen molar-refractivity contribution in [1.82, 2.24) is 9.88 Å². The molecule has 4 rings (SSSR count). The number of nitrogens with zero attached hydrogens (tertiary/aromatic N) is 2. The number of benzene rings is 1. The fraction of sp³-hybridized carbons (Fsp3) is 0.500. The number of piperazine rings is 1.